The average Bonchev–Trinajstić information content (AvgIpc) is 3.03. The highest BCUT2D eigenvalue weighted by atomic mass is 16.5. The van der Waals surface area contributed by atoms with E-state index in [9.17, 15) is 4.79 Å². The molecule has 0 unspecified atom stereocenters. The molecule has 4 rings (SSSR count). The Balaban J connectivity index is 1.50. The van der Waals surface area contributed by atoms with Crippen LogP contribution in [0.5, 0.6) is 0 Å². The molecule has 1 saturated carbocycles. The molecule has 5 nitrogen and oxygen atoms in total. The molecule has 1 N–H and O–H groups in total. The summed E-state index contributed by atoms with van der Waals surface area (Å²) in [6.45, 7) is 2.91. The molecule has 2 saturated heterocycles. The van der Waals surface area contributed by atoms with Crippen molar-refractivity contribution >= 4 is 5.91 Å². The molecule has 0 bridgehead atoms. The first-order valence-corrected chi connectivity index (χ1v) is 9.81. The van der Waals surface area contributed by atoms with Gasteiger partial charge in [0.1, 0.15) is 0 Å². The van der Waals surface area contributed by atoms with E-state index in [2.05, 4.69) is 15.4 Å². The fourth-order valence-corrected chi connectivity index (χ4v) is 4.84. The normalized spacial score (nSPS) is 29.1. The Kier molecular flexibility index (Phi) is 4.88. The van der Waals surface area contributed by atoms with Gasteiger partial charge in [0.2, 0.25) is 5.76 Å². The fourth-order valence-electron chi connectivity index (χ4n) is 4.84. The van der Waals surface area contributed by atoms with Crippen molar-refractivity contribution in [2.45, 2.75) is 69.7 Å². The molecular formula is C19H29N3O2. The van der Waals surface area contributed by atoms with Crippen LogP contribution in [-0.2, 0) is 0 Å². The molecule has 0 radical (unpaired) electrons. The molecule has 1 aliphatic carbocycles. The van der Waals surface area contributed by atoms with Crippen molar-refractivity contribution in [3.8, 4) is 0 Å². The number of carbonyl (C=O) groups is 1. The van der Waals surface area contributed by atoms with Gasteiger partial charge in [-0.1, -0.05) is 30.8 Å². The van der Waals surface area contributed by atoms with Crippen LogP contribution in [-0.4, -0.2) is 41.6 Å². The number of fused-ring (bicyclic) bond motifs is 1. The molecule has 2 aliphatic heterocycles. The second-order valence-electron chi connectivity index (χ2n) is 7.77. The van der Waals surface area contributed by atoms with E-state index in [1.54, 1.807) is 0 Å². The largest absolute Gasteiger partial charge is 0.351 e. The number of hydrogen-bond donors (Lipinski definition) is 1. The molecule has 3 aliphatic rings. The van der Waals surface area contributed by atoms with Gasteiger partial charge in [0, 0.05) is 24.6 Å². The van der Waals surface area contributed by atoms with Crippen molar-refractivity contribution in [2.75, 3.05) is 19.6 Å². The van der Waals surface area contributed by atoms with Crippen molar-refractivity contribution in [3.63, 3.8) is 0 Å². The van der Waals surface area contributed by atoms with Gasteiger partial charge in [0.05, 0.1) is 5.69 Å². The summed E-state index contributed by atoms with van der Waals surface area (Å²) in [5, 5.41) is 7.73. The Morgan fingerprint density at radius 3 is 2.83 bits per heavy atom. The Morgan fingerprint density at radius 2 is 1.96 bits per heavy atom. The monoisotopic (exact) mass is 331 g/mol. The topological polar surface area (TPSA) is 58.4 Å². The molecule has 1 aromatic heterocycles. The number of likely N-dealkylation sites (tertiary alicyclic amines) is 1. The summed E-state index contributed by atoms with van der Waals surface area (Å²) in [6, 6.07) is 2.30. The van der Waals surface area contributed by atoms with Crippen LogP contribution in [0.15, 0.2) is 10.6 Å². The quantitative estimate of drug-likeness (QED) is 0.903. The standard InChI is InChI=1S/C19H29N3O2/c23-19(18-12-16(21-24-18)14-6-2-1-3-7-14)22-11-5-4-8-15-13-20-10-9-17(15)22/h12,14-15,17,20H,1-11,13H2/t15-,17+/m0/s1. The molecule has 2 atom stereocenters. The minimum absolute atomic E-state index is 0.0587. The van der Waals surface area contributed by atoms with Gasteiger partial charge in [-0.3, -0.25) is 4.79 Å². The van der Waals surface area contributed by atoms with Gasteiger partial charge in [-0.05, 0) is 51.1 Å². The summed E-state index contributed by atoms with van der Waals surface area (Å²) >= 11 is 0. The van der Waals surface area contributed by atoms with Gasteiger partial charge in [-0.15, -0.1) is 0 Å². The number of amides is 1. The van der Waals surface area contributed by atoms with Crippen LogP contribution in [0.4, 0.5) is 0 Å². The smallest absolute Gasteiger partial charge is 0.292 e. The maximum atomic E-state index is 13.1. The van der Waals surface area contributed by atoms with Crippen LogP contribution >= 0.6 is 0 Å². The highest BCUT2D eigenvalue weighted by Gasteiger charge is 2.36. The predicted molar refractivity (Wildman–Crippen MR) is 92.0 cm³/mol. The lowest BCUT2D eigenvalue weighted by atomic mass is 9.87. The molecule has 3 fully saturated rings. The third kappa shape index (κ3) is 3.23. The Hall–Kier alpha value is -1.36. The number of aromatic nitrogens is 1. The Labute approximate surface area is 144 Å². The first kappa shape index (κ1) is 16.1. The van der Waals surface area contributed by atoms with Crippen molar-refractivity contribution in [1.82, 2.24) is 15.4 Å². The number of carbonyl (C=O) groups excluding carboxylic acids is 1. The van der Waals surface area contributed by atoms with E-state index >= 15 is 0 Å². The number of rotatable bonds is 2. The van der Waals surface area contributed by atoms with E-state index in [-0.39, 0.29) is 5.91 Å². The van der Waals surface area contributed by atoms with Gasteiger partial charge in [-0.25, -0.2) is 0 Å². The van der Waals surface area contributed by atoms with Gasteiger partial charge in [0.25, 0.3) is 5.91 Å². The van der Waals surface area contributed by atoms with Gasteiger partial charge in [0.15, 0.2) is 0 Å². The van der Waals surface area contributed by atoms with Gasteiger partial charge < -0.3 is 14.7 Å². The predicted octanol–water partition coefficient (Wildman–Crippen LogP) is 3.33. The second kappa shape index (κ2) is 7.26. The third-order valence-corrected chi connectivity index (χ3v) is 6.22. The molecule has 1 amide bonds. The Morgan fingerprint density at radius 1 is 1.12 bits per heavy atom. The average molecular weight is 331 g/mol. The highest BCUT2D eigenvalue weighted by Crippen LogP contribution is 2.33. The van der Waals surface area contributed by atoms with Crippen LogP contribution in [0.2, 0.25) is 0 Å². The maximum Gasteiger partial charge on any atom is 0.292 e. The lowest BCUT2D eigenvalue weighted by molar-refractivity contribution is 0.0545. The lowest BCUT2D eigenvalue weighted by Gasteiger charge is -2.38. The number of hydrogen-bond acceptors (Lipinski definition) is 4. The summed E-state index contributed by atoms with van der Waals surface area (Å²) in [6.07, 6.45) is 10.8. The van der Waals surface area contributed by atoms with Crippen LogP contribution < -0.4 is 5.32 Å². The molecule has 3 heterocycles. The second-order valence-corrected chi connectivity index (χ2v) is 7.77. The third-order valence-electron chi connectivity index (χ3n) is 6.22. The summed E-state index contributed by atoms with van der Waals surface area (Å²) < 4.78 is 5.50. The minimum atomic E-state index is 0.0587. The lowest BCUT2D eigenvalue weighted by Crippen LogP contribution is -2.50. The SMILES string of the molecule is O=C(c1cc(C2CCCCC2)no1)N1CCCC[C@H]2CNCC[C@H]21. The molecule has 24 heavy (non-hydrogen) atoms. The van der Waals surface area contributed by atoms with E-state index in [1.807, 2.05) is 6.07 Å². The molecule has 0 spiro atoms. The van der Waals surface area contributed by atoms with Crippen molar-refractivity contribution in [1.29, 1.82) is 0 Å². The fraction of sp³-hybridized carbons (Fsp3) is 0.789. The minimum Gasteiger partial charge on any atom is -0.351 e. The first-order chi connectivity index (χ1) is 11.8. The first-order valence-electron chi connectivity index (χ1n) is 9.81. The van der Waals surface area contributed by atoms with E-state index in [4.69, 9.17) is 4.52 Å². The zero-order valence-corrected chi connectivity index (χ0v) is 14.5. The molecule has 1 aromatic rings. The van der Waals surface area contributed by atoms with Crippen LogP contribution in [0.3, 0.4) is 0 Å². The molecular weight excluding hydrogens is 302 g/mol. The Bertz CT molecular complexity index is 565. The summed E-state index contributed by atoms with van der Waals surface area (Å²) in [7, 11) is 0. The molecule has 132 valence electrons. The van der Waals surface area contributed by atoms with E-state index in [1.165, 1.54) is 44.9 Å². The number of nitrogens with zero attached hydrogens (tertiary/aromatic N) is 2. The molecule has 0 aromatic carbocycles. The van der Waals surface area contributed by atoms with Crippen molar-refractivity contribution < 1.29 is 9.32 Å². The zero-order valence-electron chi connectivity index (χ0n) is 14.5. The van der Waals surface area contributed by atoms with Crippen LogP contribution in [0.1, 0.15) is 80.0 Å². The van der Waals surface area contributed by atoms with E-state index < -0.39 is 0 Å². The van der Waals surface area contributed by atoms with Crippen molar-refractivity contribution in [2.24, 2.45) is 5.92 Å². The molecule has 5 heteroatoms. The summed E-state index contributed by atoms with van der Waals surface area (Å²) in [5.74, 6) is 1.59. The zero-order chi connectivity index (χ0) is 16.4. The van der Waals surface area contributed by atoms with E-state index in [0.717, 1.165) is 38.2 Å². The van der Waals surface area contributed by atoms with Crippen molar-refractivity contribution in [3.05, 3.63) is 17.5 Å². The number of nitrogens with one attached hydrogen (secondary N) is 1. The summed E-state index contributed by atoms with van der Waals surface area (Å²) in [4.78, 5) is 15.2. The van der Waals surface area contributed by atoms with Crippen LogP contribution in [0.25, 0.3) is 0 Å². The van der Waals surface area contributed by atoms with Gasteiger partial charge in [-0.2, -0.15) is 0 Å². The number of piperidine rings is 1. The maximum absolute atomic E-state index is 13.1. The van der Waals surface area contributed by atoms with Gasteiger partial charge >= 0.3 is 0 Å². The highest BCUT2D eigenvalue weighted by molar-refractivity contribution is 5.91. The summed E-state index contributed by atoms with van der Waals surface area (Å²) in [5.41, 5.74) is 0.995. The van der Waals surface area contributed by atoms with Crippen LogP contribution in [0, 0.1) is 5.92 Å². The van der Waals surface area contributed by atoms with E-state index in [0.29, 0.717) is 23.6 Å².